The molecule has 18 heavy (non-hydrogen) atoms. The average Bonchev–Trinajstić information content (AvgIpc) is 2.76. The lowest BCUT2D eigenvalue weighted by atomic mass is 10.1. The van der Waals surface area contributed by atoms with Gasteiger partial charge in [0.2, 0.25) is 0 Å². The van der Waals surface area contributed by atoms with Gasteiger partial charge >= 0.3 is 5.97 Å². The van der Waals surface area contributed by atoms with E-state index in [4.69, 9.17) is 4.74 Å². The van der Waals surface area contributed by atoms with E-state index in [1.165, 1.54) is 0 Å². The third-order valence-electron chi connectivity index (χ3n) is 3.08. The van der Waals surface area contributed by atoms with Gasteiger partial charge in [-0.1, -0.05) is 24.3 Å². The van der Waals surface area contributed by atoms with Gasteiger partial charge in [-0.15, -0.1) is 0 Å². The lowest BCUT2D eigenvalue weighted by molar-refractivity contribution is 0.0699. The molecule has 0 bridgehead atoms. The summed E-state index contributed by atoms with van der Waals surface area (Å²) in [6, 6.07) is 10.9. The molecule has 3 aromatic rings. The van der Waals surface area contributed by atoms with Gasteiger partial charge in [0, 0.05) is 10.8 Å². The summed E-state index contributed by atoms with van der Waals surface area (Å²) in [4.78, 5) is 14.3. The Kier molecular flexibility index (Phi) is 2.23. The summed E-state index contributed by atoms with van der Waals surface area (Å²) in [6.45, 7) is 0. The number of rotatable bonds is 2. The number of hydrogen-bond donors (Lipinski definition) is 2. The molecule has 90 valence electrons. The summed E-state index contributed by atoms with van der Waals surface area (Å²) in [5, 5.41) is 11.0. The Morgan fingerprint density at radius 1 is 1.11 bits per heavy atom. The van der Waals surface area contributed by atoms with Crippen LogP contribution in [0.5, 0.6) is 5.75 Å². The second-order valence-corrected chi connectivity index (χ2v) is 4.04. The second-order valence-electron chi connectivity index (χ2n) is 4.04. The molecule has 2 N–H and O–H groups in total. The summed E-state index contributed by atoms with van der Waals surface area (Å²) in [5.74, 6) is -0.230. The van der Waals surface area contributed by atoms with Gasteiger partial charge in [0.15, 0.2) is 0 Å². The molecule has 1 heterocycles. The molecule has 1 aromatic heterocycles. The molecular weight excluding hydrogens is 230 g/mol. The van der Waals surface area contributed by atoms with Crippen molar-refractivity contribution < 1.29 is 14.6 Å². The fourth-order valence-electron chi connectivity index (χ4n) is 2.27. The van der Waals surface area contributed by atoms with Crippen molar-refractivity contribution in [2.24, 2.45) is 0 Å². The van der Waals surface area contributed by atoms with Crippen LogP contribution < -0.4 is 4.74 Å². The van der Waals surface area contributed by atoms with Crippen LogP contribution in [-0.4, -0.2) is 23.2 Å². The molecule has 0 aliphatic heterocycles. The maximum absolute atomic E-state index is 11.2. The van der Waals surface area contributed by atoms with E-state index in [9.17, 15) is 9.90 Å². The Balaban J connectivity index is 2.50. The predicted octanol–water partition coefficient (Wildman–Crippen LogP) is 3.03. The SMILES string of the molecule is COc1cccc2c1[nH]c1c(C(=O)O)cccc12. The molecule has 3 rings (SSSR count). The molecular formula is C14H11NO3. The Morgan fingerprint density at radius 3 is 2.44 bits per heavy atom. The summed E-state index contributed by atoms with van der Waals surface area (Å²) in [5.41, 5.74) is 1.72. The van der Waals surface area contributed by atoms with E-state index in [-0.39, 0.29) is 5.56 Å². The quantitative estimate of drug-likeness (QED) is 0.724. The first-order valence-electron chi connectivity index (χ1n) is 5.53. The van der Waals surface area contributed by atoms with Gasteiger partial charge in [-0.2, -0.15) is 0 Å². The minimum absolute atomic E-state index is 0.269. The molecule has 0 fully saturated rings. The molecule has 0 aliphatic rings. The minimum Gasteiger partial charge on any atom is -0.495 e. The first kappa shape index (κ1) is 10.7. The van der Waals surface area contributed by atoms with Gasteiger partial charge in [0.05, 0.1) is 23.7 Å². The normalized spacial score (nSPS) is 10.9. The topological polar surface area (TPSA) is 62.3 Å². The number of carboxylic acid groups (broad SMARTS) is 1. The van der Waals surface area contributed by atoms with Crippen molar-refractivity contribution in [2.45, 2.75) is 0 Å². The number of aromatic amines is 1. The van der Waals surface area contributed by atoms with E-state index in [1.54, 1.807) is 19.2 Å². The maximum atomic E-state index is 11.2. The molecule has 2 aromatic carbocycles. The van der Waals surface area contributed by atoms with Crippen molar-refractivity contribution in [3.8, 4) is 5.75 Å². The predicted molar refractivity (Wildman–Crippen MR) is 69.3 cm³/mol. The number of aromatic carboxylic acids is 1. The third-order valence-corrected chi connectivity index (χ3v) is 3.08. The second kappa shape index (κ2) is 3.77. The lowest BCUT2D eigenvalue weighted by Crippen LogP contribution is -1.96. The fraction of sp³-hybridized carbons (Fsp3) is 0.0714. The van der Waals surface area contributed by atoms with Crippen molar-refractivity contribution >= 4 is 27.8 Å². The number of carbonyl (C=O) groups is 1. The summed E-state index contributed by atoms with van der Waals surface area (Å²) in [7, 11) is 1.60. The Bertz CT molecular complexity index is 758. The summed E-state index contributed by atoms with van der Waals surface area (Å²) >= 11 is 0. The molecule has 0 spiro atoms. The average molecular weight is 241 g/mol. The van der Waals surface area contributed by atoms with Crippen molar-refractivity contribution in [1.29, 1.82) is 0 Å². The van der Waals surface area contributed by atoms with E-state index in [0.717, 1.165) is 16.3 Å². The standard InChI is InChI=1S/C14H11NO3/c1-18-11-7-3-5-9-8-4-2-6-10(14(16)17)12(8)15-13(9)11/h2-7,15H,1H3,(H,16,17). The van der Waals surface area contributed by atoms with E-state index in [1.807, 2.05) is 24.3 Å². The third kappa shape index (κ3) is 1.35. The molecule has 4 nitrogen and oxygen atoms in total. The number of para-hydroxylation sites is 2. The molecule has 0 saturated heterocycles. The number of aromatic nitrogens is 1. The van der Waals surface area contributed by atoms with Gasteiger partial charge in [-0.3, -0.25) is 0 Å². The highest BCUT2D eigenvalue weighted by Crippen LogP contribution is 2.32. The van der Waals surface area contributed by atoms with Crippen LogP contribution in [0.3, 0.4) is 0 Å². The lowest BCUT2D eigenvalue weighted by Gasteiger charge is -1.99. The van der Waals surface area contributed by atoms with Crippen LogP contribution in [0.4, 0.5) is 0 Å². The number of H-pyrrole nitrogens is 1. The van der Waals surface area contributed by atoms with Crippen molar-refractivity contribution in [3.63, 3.8) is 0 Å². The van der Waals surface area contributed by atoms with E-state index >= 15 is 0 Å². The van der Waals surface area contributed by atoms with Crippen LogP contribution in [0, 0.1) is 0 Å². The van der Waals surface area contributed by atoms with Crippen LogP contribution in [0.2, 0.25) is 0 Å². The van der Waals surface area contributed by atoms with Crippen molar-refractivity contribution in [3.05, 3.63) is 42.0 Å². The van der Waals surface area contributed by atoms with Gasteiger partial charge < -0.3 is 14.8 Å². The smallest absolute Gasteiger partial charge is 0.337 e. The van der Waals surface area contributed by atoms with E-state index < -0.39 is 5.97 Å². The van der Waals surface area contributed by atoms with Crippen LogP contribution in [0.15, 0.2) is 36.4 Å². The van der Waals surface area contributed by atoms with Gasteiger partial charge in [-0.25, -0.2) is 4.79 Å². The Hall–Kier alpha value is -2.49. The van der Waals surface area contributed by atoms with Crippen LogP contribution in [0.1, 0.15) is 10.4 Å². The fourth-order valence-corrected chi connectivity index (χ4v) is 2.27. The minimum atomic E-state index is -0.939. The number of carboxylic acids is 1. The zero-order chi connectivity index (χ0) is 12.7. The van der Waals surface area contributed by atoms with Crippen LogP contribution in [0.25, 0.3) is 21.8 Å². The first-order valence-corrected chi connectivity index (χ1v) is 5.53. The molecule has 0 saturated carbocycles. The first-order chi connectivity index (χ1) is 8.72. The molecule has 0 atom stereocenters. The summed E-state index contributed by atoms with van der Waals surface area (Å²) < 4.78 is 5.28. The molecule has 0 unspecified atom stereocenters. The number of benzene rings is 2. The zero-order valence-electron chi connectivity index (χ0n) is 9.73. The Morgan fingerprint density at radius 2 is 1.78 bits per heavy atom. The Labute approximate surface area is 103 Å². The largest absolute Gasteiger partial charge is 0.495 e. The van der Waals surface area contributed by atoms with E-state index in [2.05, 4.69) is 4.98 Å². The highest BCUT2D eigenvalue weighted by molar-refractivity contribution is 6.14. The highest BCUT2D eigenvalue weighted by Gasteiger charge is 2.14. The zero-order valence-corrected chi connectivity index (χ0v) is 9.73. The summed E-state index contributed by atoms with van der Waals surface area (Å²) in [6.07, 6.45) is 0. The van der Waals surface area contributed by atoms with Crippen LogP contribution >= 0.6 is 0 Å². The monoisotopic (exact) mass is 241 g/mol. The number of methoxy groups -OCH3 is 1. The number of hydrogen-bond acceptors (Lipinski definition) is 2. The molecule has 0 amide bonds. The number of ether oxygens (including phenoxy) is 1. The molecule has 0 radical (unpaired) electrons. The van der Waals surface area contributed by atoms with Gasteiger partial charge in [0.1, 0.15) is 5.75 Å². The molecule has 4 heteroatoms. The number of fused-ring (bicyclic) bond motifs is 3. The van der Waals surface area contributed by atoms with Crippen molar-refractivity contribution in [1.82, 2.24) is 4.98 Å². The highest BCUT2D eigenvalue weighted by atomic mass is 16.5. The van der Waals surface area contributed by atoms with Gasteiger partial charge in [-0.05, 0) is 12.1 Å². The maximum Gasteiger partial charge on any atom is 0.337 e. The van der Waals surface area contributed by atoms with E-state index in [0.29, 0.717) is 11.3 Å². The molecule has 0 aliphatic carbocycles. The van der Waals surface area contributed by atoms with Crippen molar-refractivity contribution in [2.75, 3.05) is 7.11 Å². The van der Waals surface area contributed by atoms with Gasteiger partial charge in [0.25, 0.3) is 0 Å². The van der Waals surface area contributed by atoms with Crippen LogP contribution in [-0.2, 0) is 0 Å². The number of nitrogens with one attached hydrogen (secondary N) is 1.